The van der Waals surface area contributed by atoms with Gasteiger partial charge >= 0.3 is 0 Å². The van der Waals surface area contributed by atoms with Crippen LogP contribution in [0.15, 0.2) is 6.07 Å². The van der Waals surface area contributed by atoms with Gasteiger partial charge in [-0.05, 0) is 26.3 Å². The first-order valence-electron chi connectivity index (χ1n) is 6.50. The average Bonchev–Trinajstić information content (AvgIpc) is 2.93. The number of amides is 1. The van der Waals surface area contributed by atoms with Gasteiger partial charge in [-0.15, -0.1) is 0 Å². The molecule has 1 saturated heterocycles. The number of likely N-dealkylation sites (tertiary alicyclic amines) is 1. The number of aliphatic hydroxyl groups is 1. The number of aryl methyl sites for hydroxylation is 3. The summed E-state index contributed by atoms with van der Waals surface area (Å²) in [5.41, 5.74) is 2.08. The van der Waals surface area contributed by atoms with Gasteiger partial charge in [0, 0.05) is 44.3 Å². The van der Waals surface area contributed by atoms with Crippen molar-refractivity contribution in [2.75, 3.05) is 19.7 Å². The van der Waals surface area contributed by atoms with Crippen molar-refractivity contribution in [1.29, 1.82) is 0 Å². The molecule has 1 aliphatic heterocycles. The van der Waals surface area contributed by atoms with Gasteiger partial charge in [-0.1, -0.05) is 0 Å². The van der Waals surface area contributed by atoms with Crippen LogP contribution in [0.5, 0.6) is 0 Å². The van der Waals surface area contributed by atoms with Crippen LogP contribution in [-0.4, -0.2) is 45.4 Å². The van der Waals surface area contributed by atoms with E-state index in [9.17, 15) is 4.79 Å². The summed E-state index contributed by atoms with van der Waals surface area (Å²) in [6.45, 7) is 6.26. The highest BCUT2D eigenvalue weighted by Gasteiger charge is 2.25. The monoisotopic (exact) mass is 251 g/mol. The summed E-state index contributed by atoms with van der Waals surface area (Å²) in [6.07, 6.45) is 1.41. The van der Waals surface area contributed by atoms with Crippen LogP contribution in [-0.2, 0) is 11.3 Å². The van der Waals surface area contributed by atoms with E-state index in [0.717, 1.165) is 24.4 Å². The molecule has 0 bridgehead atoms. The second kappa shape index (κ2) is 5.52. The van der Waals surface area contributed by atoms with Crippen LogP contribution in [0.4, 0.5) is 0 Å². The van der Waals surface area contributed by atoms with Gasteiger partial charge in [0.1, 0.15) is 0 Å². The van der Waals surface area contributed by atoms with E-state index in [0.29, 0.717) is 19.5 Å². The van der Waals surface area contributed by atoms with Crippen molar-refractivity contribution in [3.8, 4) is 0 Å². The van der Waals surface area contributed by atoms with Crippen LogP contribution in [0.25, 0.3) is 0 Å². The molecular formula is C13H21N3O2. The molecule has 0 aliphatic carbocycles. The van der Waals surface area contributed by atoms with Gasteiger partial charge in [-0.25, -0.2) is 0 Å². The highest BCUT2D eigenvalue weighted by molar-refractivity contribution is 5.76. The summed E-state index contributed by atoms with van der Waals surface area (Å²) in [5.74, 6) is 0.432. The lowest BCUT2D eigenvalue weighted by molar-refractivity contribution is -0.130. The number of nitrogens with zero attached hydrogens (tertiary/aromatic N) is 3. The van der Waals surface area contributed by atoms with E-state index in [1.807, 2.05) is 29.5 Å². The Bertz CT molecular complexity index is 428. The maximum atomic E-state index is 12.0. The molecule has 2 rings (SSSR count). The lowest BCUT2D eigenvalue weighted by Gasteiger charge is -2.16. The second-order valence-electron chi connectivity index (χ2n) is 5.08. The Morgan fingerprint density at radius 1 is 1.56 bits per heavy atom. The van der Waals surface area contributed by atoms with Crippen molar-refractivity contribution in [3.05, 3.63) is 17.5 Å². The Balaban J connectivity index is 1.84. The van der Waals surface area contributed by atoms with Crippen molar-refractivity contribution in [2.24, 2.45) is 5.92 Å². The number of carbonyl (C=O) groups is 1. The maximum absolute atomic E-state index is 12.0. The average molecular weight is 251 g/mol. The molecule has 100 valence electrons. The van der Waals surface area contributed by atoms with E-state index in [1.165, 1.54) is 0 Å². The fourth-order valence-electron chi connectivity index (χ4n) is 2.47. The normalized spacial score (nSPS) is 19.5. The van der Waals surface area contributed by atoms with Crippen molar-refractivity contribution in [2.45, 2.75) is 33.2 Å². The minimum atomic E-state index is 0.165. The Hall–Kier alpha value is -1.36. The molecule has 1 unspecified atom stereocenters. The van der Waals surface area contributed by atoms with Crippen LogP contribution in [0.2, 0.25) is 0 Å². The molecule has 2 heterocycles. The van der Waals surface area contributed by atoms with Gasteiger partial charge in [0.2, 0.25) is 5.91 Å². The molecule has 0 aromatic carbocycles. The molecule has 0 spiro atoms. The predicted octanol–water partition coefficient (Wildman–Crippen LogP) is 0.731. The standard InChI is InChI=1S/C13H21N3O2/c1-10-7-11(2)16(14-10)6-4-13(18)15-5-3-12(8-15)9-17/h7,12,17H,3-6,8-9H2,1-2H3. The van der Waals surface area contributed by atoms with E-state index in [-0.39, 0.29) is 18.4 Å². The van der Waals surface area contributed by atoms with Gasteiger partial charge < -0.3 is 10.0 Å². The number of aromatic nitrogens is 2. The summed E-state index contributed by atoms with van der Waals surface area (Å²) in [5, 5.41) is 13.4. The summed E-state index contributed by atoms with van der Waals surface area (Å²) in [7, 11) is 0. The Morgan fingerprint density at radius 2 is 2.33 bits per heavy atom. The van der Waals surface area contributed by atoms with Crippen molar-refractivity contribution in [1.82, 2.24) is 14.7 Å². The van der Waals surface area contributed by atoms with E-state index < -0.39 is 0 Å². The molecule has 1 aromatic rings. The first-order chi connectivity index (χ1) is 8.60. The molecule has 1 fully saturated rings. The zero-order chi connectivity index (χ0) is 13.1. The van der Waals surface area contributed by atoms with E-state index in [4.69, 9.17) is 5.11 Å². The number of hydrogen-bond donors (Lipinski definition) is 1. The van der Waals surface area contributed by atoms with Gasteiger partial charge in [-0.3, -0.25) is 9.48 Å². The lowest BCUT2D eigenvalue weighted by Crippen LogP contribution is -2.30. The van der Waals surface area contributed by atoms with Crippen molar-refractivity contribution in [3.63, 3.8) is 0 Å². The van der Waals surface area contributed by atoms with Crippen molar-refractivity contribution >= 4 is 5.91 Å². The van der Waals surface area contributed by atoms with Crippen molar-refractivity contribution < 1.29 is 9.90 Å². The van der Waals surface area contributed by atoms with E-state index >= 15 is 0 Å². The number of carbonyl (C=O) groups excluding carboxylic acids is 1. The van der Waals surface area contributed by atoms with Gasteiger partial charge in [0.15, 0.2) is 0 Å². The molecule has 5 nitrogen and oxygen atoms in total. The van der Waals surface area contributed by atoms with Crippen LogP contribution < -0.4 is 0 Å². The van der Waals surface area contributed by atoms with Crippen LogP contribution in [0.1, 0.15) is 24.2 Å². The number of hydrogen-bond acceptors (Lipinski definition) is 3. The van der Waals surface area contributed by atoms with Crippen LogP contribution in [0, 0.1) is 19.8 Å². The van der Waals surface area contributed by atoms with Gasteiger partial charge in [0.05, 0.1) is 5.69 Å². The minimum absolute atomic E-state index is 0.165. The Labute approximate surface area is 107 Å². The zero-order valence-electron chi connectivity index (χ0n) is 11.1. The highest BCUT2D eigenvalue weighted by Crippen LogP contribution is 2.16. The third-order valence-corrected chi connectivity index (χ3v) is 3.54. The quantitative estimate of drug-likeness (QED) is 0.858. The SMILES string of the molecule is Cc1cc(C)n(CCC(=O)N2CCC(CO)C2)n1. The Morgan fingerprint density at radius 3 is 2.89 bits per heavy atom. The largest absolute Gasteiger partial charge is 0.396 e. The summed E-state index contributed by atoms with van der Waals surface area (Å²) < 4.78 is 1.88. The molecule has 1 amide bonds. The van der Waals surface area contributed by atoms with E-state index in [2.05, 4.69) is 5.10 Å². The molecule has 0 saturated carbocycles. The zero-order valence-corrected chi connectivity index (χ0v) is 11.1. The number of aliphatic hydroxyl groups excluding tert-OH is 1. The third-order valence-electron chi connectivity index (χ3n) is 3.54. The molecule has 1 N–H and O–H groups in total. The molecule has 1 atom stereocenters. The summed E-state index contributed by atoms with van der Waals surface area (Å²) >= 11 is 0. The van der Waals surface area contributed by atoms with Gasteiger partial charge in [0.25, 0.3) is 0 Å². The predicted molar refractivity (Wildman–Crippen MR) is 68.1 cm³/mol. The first kappa shape index (κ1) is 13.1. The number of rotatable bonds is 4. The third kappa shape index (κ3) is 2.90. The van der Waals surface area contributed by atoms with Gasteiger partial charge in [-0.2, -0.15) is 5.10 Å². The molecule has 1 aliphatic rings. The Kier molecular flexibility index (Phi) is 4.01. The highest BCUT2D eigenvalue weighted by atomic mass is 16.3. The summed E-state index contributed by atoms with van der Waals surface area (Å²) in [6, 6.07) is 2.02. The maximum Gasteiger partial charge on any atom is 0.224 e. The smallest absolute Gasteiger partial charge is 0.224 e. The lowest BCUT2D eigenvalue weighted by atomic mass is 10.1. The molecule has 0 radical (unpaired) electrons. The fraction of sp³-hybridized carbons (Fsp3) is 0.692. The minimum Gasteiger partial charge on any atom is -0.396 e. The first-order valence-corrected chi connectivity index (χ1v) is 6.50. The van der Waals surface area contributed by atoms with Crippen LogP contribution >= 0.6 is 0 Å². The molecule has 1 aromatic heterocycles. The summed E-state index contributed by atoms with van der Waals surface area (Å²) in [4.78, 5) is 13.9. The molecular weight excluding hydrogens is 230 g/mol. The molecule has 5 heteroatoms. The second-order valence-corrected chi connectivity index (χ2v) is 5.08. The topological polar surface area (TPSA) is 58.4 Å². The van der Waals surface area contributed by atoms with Crippen LogP contribution in [0.3, 0.4) is 0 Å². The fourth-order valence-corrected chi connectivity index (χ4v) is 2.47. The molecule has 18 heavy (non-hydrogen) atoms. The van der Waals surface area contributed by atoms with E-state index in [1.54, 1.807) is 0 Å².